The molecule has 0 amide bonds. The number of methoxy groups -OCH3 is 1. The first kappa shape index (κ1) is 27.2. The van der Waals surface area contributed by atoms with Crippen LogP contribution in [0.4, 0.5) is 0 Å². The van der Waals surface area contributed by atoms with Gasteiger partial charge in [-0.15, -0.1) is 0 Å². The minimum Gasteiger partial charge on any atom is -0.381 e. The molecular formula is C33H56O3. The number of hydrogen-bond acceptors (Lipinski definition) is 3. The van der Waals surface area contributed by atoms with Gasteiger partial charge in [-0.2, -0.15) is 0 Å². The van der Waals surface area contributed by atoms with Gasteiger partial charge in [0.1, 0.15) is 0 Å². The van der Waals surface area contributed by atoms with Crippen molar-refractivity contribution in [2.24, 2.45) is 45.3 Å². The standard InChI is InChI=1S/C33H56O3/c1-21(11-14-28-30(5,6)36-22(2)35-28)23-15-19-33(9)25-12-13-26-29(3,4)27(34-10)17-18-31(26,7)24(25)16-20-32(23,33)8/h16,21-23,25-28H,11-15,17-20H2,1-10H3. The third-order valence-electron chi connectivity index (χ3n) is 13.3. The number of hydrogen-bond donors (Lipinski definition) is 0. The van der Waals surface area contributed by atoms with Gasteiger partial charge in [-0.1, -0.05) is 53.2 Å². The molecule has 5 rings (SSSR count). The molecule has 10 atom stereocenters. The van der Waals surface area contributed by atoms with Crippen LogP contribution < -0.4 is 0 Å². The molecule has 206 valence electrons. The summed E-state index contributed by atoms with van der Waals surface area (Å²) in [6.45, 7) is 22.0. The van der Waals surface area contributed by atoms with Crippen molar-refractivity contribution in [3.63, 3.8) is 0 Å². The number of ether oxygens (including phenoxy) is 3. The van der Waals surface area contributed by atoms with Crippen molar-refractivity contribution in [1.29, 1.82) is 0 Å². The van der Waals surface area contributed by atoms with Crippen LogP contribution in [-0.4, -0.2) is 31.2 Å². The van der Waals surface area contributed by atoms with E-state index in [0.29, 0.717) is 22.3 Å². The Morgan fingerprint density at radius 3 is 2.33 bits per heavy atom. The predicted molar refractivity (Wildman–Crippen MR) is 148 cm³/mol. The molecule has 10 unspecified atom stereocenters. The van der Waals surface area contributed by atoms with Crippen molar-refractivity contribution in [2.75, 3.05) is 7.11 Å². The molecule has 36 heavy (non-hydrogen) atoms. The maximum absolute atomic E-state index is 6.17. The fourth-order valence-electron chi connectivity index (χ4n) is 11.0. The number of rotatable bonds is 5. The van der Waals surface area contributed by atoms with E-state index in [1.807, 2.05) is 19.6 Å². The molecule has 0 bridgehead atoms. The summed E-state index contributed by atoms with van der Waals surface area (Å²) in [6, 6.07) is 0. The summed E-state index contributed by atoms with van der Waals surface area (Å²) >= 11 is 0. The molecule has 0 radical (unpaired) electrons. The molecule has 3 saturated carbocycles. The second-order valence-corrected chi connectivity index (χ2v) is 15.5. The summed E-state index contributed by atoms with van der Waals surface area (Å²) in [5.41, 5.74) is 3.10. The van der Waals surface area contributed by atoms with E-state index in [0.717, 1.165) is 30.1 Å². The van der Waals surface area contributed by atoms with Crippen LogP contribution in [0, 0.1) is 45.3 Å². The van der Waals surface area contributed by atoms with E-state index in [1.54, 1.807) is 0 Å². The largest absolute Gasteiger partial charge is 0.381 e. The predicted octanol–water partition coefficient (Wildman–Crippen LogP) is 8.56. The summed E-state index contributed by atoms with van der Waals surface area (Å²) < 4.78 is 18.2. The van der Waals surface area contributed by atoms with Crippen molar-refractivity contribution in [3.8, 4) is 0 Å². The van der Waals surface area contributed by atoms with Gasteiger partial charge in [-0.05, 0) is 124 Å². The summed E-state index contributed by atoms with van der Waals surface area (Å²) in [7, 11) is 1.93. The van der Waals surface area contributed by atoms with Crippen LogP contribution in [-0.2, 0) is 14.2 Å². The zero-order chi connectivity index (χ0) is 26.3. The van der Waals surface area contributed by atoms with Crippen LogP contribution in [0.5, 0.6) is 0 Å². The van der Waals surface area contributed by atoms with E-state index >= 15 is 0 Å². The molecular weight excluding hydrogens is 444 g/mol. The molecule has 0 aromatic carbocycles. The second-order valence-electron chi connectivity index (χ2n) is 15.5. The molecule has 4 aliphatic carbocycles. The summed E-state index contributed by atoms with van der Waals surface area (Å²) in [5.74, 6) is 3.02. The quantitative estimate of drug-likeness (QED) is 0.354. The smallest absolute Gasteiger partial charge is 0.156 e. The van der Waals surface area contributed by atoms with E-state index in [1.165, 1.54) is 51.4 Å². The van der Waals surface area contributed by atoms with Crippen LogP contribution in [0.25, 0.3) is 0 Å². The highest BCUT2D eigenvalue weighted by Gasteiger charge is 2.65. The lowest BCUT2D eigenvalue weighted by Gasteiger charge is -2.64. The molecule has 0 spiro atoms. The van der Waals surface area contributed by atoms with Gasteiger partial charge in [0, 0.05) is 7.11 Å². The van der Waals surface area contributed by atoms with E-state index in [-0.39, 0.29) is 23.4 Å². The third-order valence-corrected chi connectivity index (χ3v) is 13.3. The minimum atomic E-state index is -0.167. The molecule has 1 heterocycles. The molecule has 1 saturated heterocycles. The minimum absolute atomic E-state index is 0.0741. The molecule has 0 N–H and O–H groups in total. The lowest BCUT2D eigenvalue weighted by atomic mass is 9.41. The van der Waals surface area contributed by atoms with Crippen molar-refractivity contribution >= 4 is 0 Å². The first-order valence-corrected chi connectivity index (χ1v) is 15.3. The summed E-state index contributed by atoms with van der Waals surface area (Å²) in [6.07, 6.45) is 15.0. The van der Waals surface area contributed by atoms with E-state index < -0.39 is 0 Å². The number of allylic oxidation sites excluding steroid dienone is 2. The van der Waals surface area contributed by atoms with Crippen molar-refractivity contribution < 1.29 is 14.2 Å². The highest BCUT2D eigenvalue weighted by Crippen LogP contribution is 2.73. The normalized spacial score (nSPS) is 50.1. The highest BCUT2D eigenvalue weighted by atomic mass is 16.7. The van der Waals surface area contributed by atoms with Crippen LogP contribution >= 0.6 is 0 Å². The zero-order valence-corrected chi connectivity index (χ0v) is 25.2. The Kier molecular flexibility index (Phi) is 6.66. The molecule has 0 aromatic rings. The van der Waals surface area contributed by atoms with Crippen molar-refractivity contribution in [1.82, 2.24) is 0 Å². The second kappa shape index (κ2) is 8.82. The van der Waals surface area contributed by atoms with Crippen LogP contribution in [0.15, 0.2) is 11.6 Å². The molecule has 3 heteroatoms. The fourth-order valence-corrected chi connectivity index (χ4v) is 11.0. The molecule has 0 aromatic heterocycles. The van der Waals surface area contributed by atoms with E-state index in [2.05, 4.69) is 61.5 Å². The number of fused-ring (bicyclic) bond motifs is 5. The first-order chi connectivity index (χ1) is 16.7. The Hall–Kier alpha value is -0.380. The molecule has 1 aliphatic heterocycles. The van der Waals surface area contributed by atoms with Crippen molar-refractivity contribution in [3.05, 3.63) is 11.6 Å². The van der Waals surface area contributed by atoms with Gasteiger partial charge in [0.2, 0.25) is 0 Å². The van der Waals surface area contributed by atoms with Gasteiger partial charge in [-0.3, -0.25) is 0 Å². The topological polar surface area (TPSA) is 27.7 Å². The Bertz CT molecular complexity index is 874. The van der Waals surface area contributed by atoms with E-state index in [4.69, 9.17) is 14.2 Å². The monoisotopic (exact) mass is 500 g/mol. The SMILES string of the molecule is COC1CCC2(C)C3=CCC4(C)C(C(C)CCC5OC(C)OC5(C)C)CCC4(C)C3CCC2C1(C)C. The van der Waals surface area contributed by atoms with Gasteiger partial charge < -0.3 is 14.2 Å². The Labute approximate surface area is 222 Å². The zero-order valence-electron chi connectivity index (χ0n) is 25.2. The van der Waals surface area contributed by atoms with Gasteiger partial charge in [0.15, 0.2) is 6.29 Å². The van der Waals surface area contributed by atoms with E-state index in [9.17, 15) is 0 Å². The summed E-state index contributed by atoms with van der Waals surface area (Å²) in [4.78, 5) is 0. The Balaban J connectivity index is 1.36. The van der Waals surface area contributed by atoms with Crippen LogP contribution in [0.2, 0.25) is 0 Å². The summed E-state index contributed by atoms with van der Waals surface area (Å²) in [5, 5.41) is 0. The van der Waals surface area contributed by atoms with Gasteiger partial charge in [-0.25, -0.2) is 0 Å². The Morgan fingerprint density at radius 2 is 1.69 bits per heavy atom. The molecule has 3 nitrogen and oxygen atoms in total. The highest BCUT2D eigenvalue weighted by molar-refractivity contribution is 5.32. The molecule has 4 fully saturated rings. The van der Waals surface area contributed by atoms with Gasteiger partial charge in [0.25, 0.3) is 0 Å². The van der Waals surface area contributed by atoms with Gasteiger partial charge in [0.05, 0.1) is 17.8 Å². The van der Waals surface area contributed by atoms with Crippen molar-refractivity contribution in [2.45, 2.75) is 144 Å². The lowest BCUT2D eigenvalue weighted by Crippen LogP contribution is -2.58. The average Bonchev–Trinajstić information content (AvgIpc) is 3.22. The fraction of sp³-hybridized carbons (Fsp3) is 0.939. The third kappa shape index (κ3) is 3.75. The van der Waals surface area contributed by atoms with Gasteiger partial charge >= 0.3 is 0 Å². The van der Waals surface area contributed by atoms with Crippen LogP contribution in [0.1, 0.15) is 120 Å². The Morgan fingerprint density at radius 1 is 0.972 bits per heavy atom. The van der Waals surface area contributed by atoms with Crippen LogP contribution in [0.3, 0.4) is 0 Å². The average molecular weight is 501 g/mol. The molecule has 5 aliphatic rings. The lowest BCUT2D eigenvalue weighted by molar-refractivity contribution is -0.130. The maximum atomic E-state index is 6.17. The first-order valence-electron chi connectivity index (χ1n) is 15.3. The maximum Gasteiger partial charge on any atom is 0.156 e.